The fourth-order valence-electron chi connectivity index (χ4n) is 2.77. The second-order valence-corrected chi connectivity index (χ2v) is 8.30. The molecule has 0 aliphatic rings. The Balaban J connectivity index is 3.17. The zero-order chi connectivity index (χ0) is 17.4. The van der Waals surface area contributed by atoms with Crippen molar-refractivity contribution >= 4 is 5.91 Å². The topological polar surface area (TPSA) is 29.1 Å². The zero-order valence-electron chi connectivity index (χ0n) is 16.5. The summed E-state index contributed by atoms with van der Waals surface area (Å²) in [4.78, 5) is 11.7. The molecule has 0 unspecified atom stereocenters. The summed E-state index contributed by atoms with van der Waals surface area (Å²) < 4.78 is 0. The molecule has 0 fully saturated rings. The van der Waals surface area contributed by atoms with Crippen LogP contribution in [0.3, 0.4) is 0 Å². The molecule has 0 aliphatic heterocycles. The highest BCUT2D eigenvalue weighted by Gasteiger charge is 2.12. The van der Waals surface area contributed by atoms with Crippen molar-refractivity contribution in [2.75, 3.05) is 6.54 Å². The summed E-state index contributed by atoms with van der Waals surface area (Å²) in [5.41, 5.74) is 0.257. The zero-order valence-corrected chi connectivity index (χ0v) is 16.5. The number of hydrogen-bond acceptors (Lipinski definition) is 1. The summed E-state index contributed by atoms with van der Waals surface area (Å²) in [7, 11) is 0. The van der Waals surface area contributed by atoms with Gasteiger partial charge < -0.3 is 5.32 Å². The van der Waals surface area contributed by atoms with E-state index in [0.717, 1.165) is 19.4 Å². The van der Waals surface area contributed by atoms with Crippen LogP contribution >= 0.6 is 0 Å². The highest BCUT2D eigenvalue weighted by atomic mass is 16.1. The van der Waals surface area contributed by atoms with Crippen LogP contribution in [0.4, 0.5) is 0 Å². The van der Waals surface area contributed by atoms with Crippen molar-refractivity contribution in [1.29, 1.82) is 0 Å². The van der Waals surface area contributed by atoms with Crippen LogP contribution in [0.2, 0.25) is 0 Å². The Kier molecular flexibility index (Phi) is 14.7. The van der Waals surface area contributed by atoms with Gasteiger partial charge in [-0.25, -0.2) is 0 Å². The Morgan fingerprint density at radius 2 is 1.17 bits per heavy atom. The van der Waals surface area contributed by atoms with E-state index in [1.54, 1.807) is 0 Å². The van der Waals surface area contributed by atoms with Crippen molar-refractivity contribution in [3.63, 3.8) is 0 Å². The minimum absolute atomic E-state index is 0.225. The van der Waals surface area contributed by atoms with E-state index in [0.29, 0.717) is 6.42 Å². The van der Waals surface area contributed by atoms with Crippen LogP contribution in [0.1, 0.15) is 118 Å². The Bertz CT molecular complexity index is 268. The van der Waals surface area contributed by atoms with Crippen molar-refractivity contribution in [3.8, 4) is 0 Å². The third-order valence-corrected chi connectivity index (χ3v) is 4.45. The first-order chi connectivity index (χ1) is 11.0. The number of carbonyl (C=O) groups excluding carboxylic acids is 1. The van der Waals surface area contributed by atoms with Gasteiger partial charge in [-0.3, -0.25) is 4.79 Å². The van der Waals surface area contributed by atoms with Gasteiger partial charge in [0.25, 0.3) is 0 Å². The summed E-state index contributed by atoms with van der Waals surface area (Å²) in [6, 6.07) is 0. The van der Waals surface area contributed by atoms with E-state index in [4.69, 9.17) is 0 Å². The maximum absolute atomic E-state index is 11.7. The molecule has 138 valence electrons. The molecule has 0 saturated carbocycles. The van der Waals surface area contributed by atoms with Gasteiger partial charge in [-0.05, 0) is 18.3 Å². The van der Waals surface area contributed by atoms with Crippen molar-refractivity contribution in [2.24, 2.45) is 5.41 Å². The maximum Gasteiger partial charge on any atom is 0.220 e. The molecular formula is C21H43NO. The first-order valence-corrected chi connectivity index (χ1v) is 10.2. The smallest absolute Gasteiger partial charge is 0.220 e. The highest BCUT2D eigenvalue weighted by Crippen LogP contribution is 2.20. The van der Waals surface area contributed by atoms with Crippen molar-refractivity contribution in [1.82, 2.24) is 5.32 Å². The monoisotopic (exact) mass is 325 g/mol. The summed E-state index contributed by atoms with van der Waals surface area (Å²) in [5.74, 6) is 0.225. The molecule has 0 rings (SSSR count). The summed E-state index contributed by atoms with van der Waals surface area (Å²) in [6.07, 6.45) is 18.0. The Morgan fingerprint density at radius 1 is 0.739 bits per heavy atom. The van der Waals surface area contributed by atoms with Crippen LogP contribution in [0, 0.1) is 5.41 Å². The summed E-state index contributed by atoms with van der Waals surface area (Å²) >= 11 is 0. The standard InChI is InChI=1S/C21H43NO/c1-5-6-7-8-9-10-11-12-13-14-15-16-19-22-20(23)17-18-21(2,3)4/h5-19H2,1-4H3,(H,22,23). The van der Waals surface area contributed by atoms with Crippen LogP contribution in [0.25, 0.3) is 0 Å². The molecule has 2 heteroatoms. The SMILES string of the molecule is CCCCCCCCCCCCCCNC(=O)CCC(C)(C)C. The first kappa shape index (κ1) is 22.5. The Morgan fingerprint density at radius 3 is 1.61 bits per heavy atom. The minimum Gasteiger partial charge on any atom is -0.356 e. The second kappa shape index (κ2) is 15.0. The van der Waals surface area contributed by atoms with Crippen molar-refractivity contribution < 1.29 is 4.79 Å². The fourth-order valence-corrected chi connectivity index (χ4v) is 2.77. The van der Waals surface area contributed by atoms with Crippen LogP contribution in [0.5, 0.6) is 0 Å². The largest absolute Gasteiger partial charge is 0.356 e. The van der Waals surface area contributed by atoms with E-state index in [9.17, 15) is 4.79 Å². The van der Waals surface area contributed by atoms with E-state index in [-0.39, 0.29) is 11.3 Å². The van der Waals surface area contributed by atoms with E-state index >= 15 is 0 Å². The van der Waals surface area contributed by atoms with E-state index in [1.807, 2.05) is 0 Å². The molecular weight excluding hydrogens is 282 g/mol. The fraction of sp³-hybridized carbons (Fsp3) is 0.952. The van der Waals surface area contributed by atoms with Gasteiger partial charge in [0, 0.05) is 13.0 Å². The molecule has 0 spiro atoms. The molecule has 0 heterocycles. The van der Waals surface area contributed by atoms with Crippen molar-refractivity contribution in [3.05, 3.63) is 0 Å². The predicted octanol–water partition coefficient (Wildman–Crippen LogP) is 6.63. The molecule has 23 heavy (non-hydrogen) atoms. The lowest BCUT2D eigenvalue weighted by Gasteiger charge is -2.17. The quantitative estimate of drug-likeness (QED) is 0.336. The molecule has 0 bridgehead atoms. The summed E-state index contributed by atoms with van der Waals surface area (Å²) in [5, 5.41) is 3.05. The summed E-state index contributed by atoms with van der Waals surface area (Å²) in [6.45, 7) is 9.69. The number of amides is 1. The molecule has 0 saturated heterocycles. The van der Waals surface area contributed by atoms with Gasteiger partial charge in [-0.2, -0.15) is 0 Å². The first-order valence-electron chi connectivity index (χ1n) is 10.2. The molecule has 2 nitrogen and oxygen atoms in total. The molecule has 1 amide bonds. The van der Waals surface area contributed by atoms with Crippen LogP contribution in [0.15, 0.2) is 0 Å². The average Bonchev–Trinajstić information content (AvgIpc) is 2.49. The number of rotatable bonds is 15. The van der Waals surface area contributed by atoms with Gasteiger partial charge in [0.05, 0.1) is 0 Å². The van der Waals surface area contributed by atoms with Crippen molar-refractivity contribution in [2.45, 2.75) is 118 Å². The maximum atomic E-state index is 11.7. The Labute approximate surface area is 146 Å². The highest BCUT2D eigenvalue weighted by molar-refractivity contribution is 5.75. The number of hydrogen-bond donors (Lipinski definition) is 1. The van der Waals surface area contributed by atoms with Crippen LogP contribution < -0.4 is 5.32 Å². The van der Waals surface area contributed by atoms with Gasteiger partial charge in [0.2, 0.25) is 5.91 Å². The van der Waals surface area contributed by atoms with Crippen LogP contribution in [-0.2, 0) is 4.79 Å². The Hall–Kier alpha value is -0.530. The van der Waals surface area contributed by atoms with E-state index in [2.05, 4.69) is 33.0 Å². The van der Waals surface area contributed by atoms with Crippen LogP contribution in [-0.4, -0.2) is 12.5 Å². The number of unbranched alkanes of at least 4 members (excludes halogenated alkanes) is 11. The van der Waals surface area contributed by atoms with Gasteiger partial charge in [-0.15, -0.1) is 0 Å². The molecule has 0 aromatic rings. The second-order valence-electron chi connectivity index (χ2n) is 8.30. The average molecular weight is 326 g/mol. The lowest BCUT2D eigenvalue weighted by Crippen LogP contribution is -2.25. The molecule has 0 atom stereocenters. The lowest BCUT2D eigenvalue weighted by molar-refractivity contribution is -0.121. The minimum atomic E-state index is 0.225. The third-order valence-electron chi connectivity index (χ3n) is 4.45. The van der Waals surface area contributed by atoms with E-state index in [1.165, 1.54) is 70.6 Å². The predicted molar refractivity (Wildman–Crippen MR) is 103 cm³/mol. The molecule has 0 aromatic heterocycles. The number of carbonyl (C=O) groups is 1. The normalized spacial score (nSPS) is 11.7. The van der Waals surface area contributed by atoms with Gasteiger partial charge in [0.1, 0.15) is 0 Å². The molecule has 0 aromatic carbocycles. The molecule has 0 aliphatic carbocycles. The lowest BCUT2D eigenvalue weighted by atomic mass is 9.90. The van der Waals surface area contributed by atoms with E-state index < -0.39 is 0 Å². The molecule has 1 N–H and O–H groups in total. The molecule has 0 radical (unpaired) electrons. The third kappa shape index (κ3) is 19.4. The van der Waals surface area contributed by atoms with Gasteiger partial charge in [-0.1, -0.05) is 98.3 Å². The van der Waals surface area contributed by atoms with Gasteiger partial charge >= 0.3 is 0 Å². The van der Waals surface area contributed by atoms with Gasteiger partial charge in [0.15, 0.2) is 0 Å². The number of nitrogens with one attached hydrogen (secondary N) is 1.